The molecule has 0 radical (unpaired) electrons. The fourth-order valence-corrected chi connectivity index (χ4v) is 1.46. The van der Waals surface area contributed by atoms with Gasteiger partial charge in [-0.25, -0.2) is 4.79 Å². The highest BCUT2D eigenvalue weighted by atomic mass is 16.5. The smallest absolute Gasteiger partial charge is 0.337 e. The summed E-state index contributed by atoms with van der Waals surface area (Å²) in [6.07, 6.45) is 0. The summed E-state index contributed by atoms with van der Waals surface area (Å²) in [5, 5.41) is 11.6. The van der Waals surface area contributed by atoms with Crippen molar-refractivity contribution in [3.8, 4) is 5.75 Å². The molecule has 0 aliphatic carbocycles. The topological polar surface area (TPSA) is 102 Å². The van der Waals surface area contributed by atoms with Crippen molar-refractivity contribution in [2.75, 3.05) is 12.4 Å². The van der Waals surface area contributed by atoms with Gasteiger partial charge in [0.15, 0.2) is 0 Å². The molecule has 1 amide bonds. The summed E-state index contributed by atoms with van der Waals surface area (Å²) in [4.78, 5) is 22.9. The molecule has 0 unspecified atom stereocenters. The van der Waals surface area contributed by atoms with Gasteiger partial charge in [0, 0.05) is 6.07 Å². The van der Waals surface area contributed by atoms with E-state index in [2.05, 4.69) is 5.32 Å². The zero-order chi connectivity index (χ0) is 14.6. The fourth-order valence-electron chi connectivity index (χ4n) is 1.46. The van der Waals surface area contributed by atoms with Crippen LogP contribution in [0.1, 0.15) is 24.2 Å². The first-order valence-electron chi connectivity index (χ1n) is 5.84. The number of carbonyl (C=O) groups is 2. The van der Waals surface area contributed by atoms with Gasteiger partial charge >= 0.3 is 5.97 Å². The average Bonchev–Trinajstić information content (AvgIpc) is 2.36. The van der Waals surface area contributed by atoms with E-state index in [0.717, 1.165) is 0 Å². The number of carboxylic acid groups (broad SMARTS) is 1. The van der Waals surface area contributed by atoms with E-state index >= 15 is 0 Å². The molecule has 0 fully saturated rings. The summed E-state index contributed by atoms with van der Waals surface area (Å²) in [5.74, 6) is -1.14. The van der Waals surface area contributed by atoms with Gasteiger partial charge in [-0.15, -0.1) is 0 Å². The maximum Gasteiger partial charge on any atom is 0.337 e. The maximum absolute atomic E-state index is 11.9. The van der Waals surface area contributed by atoms with Crippen molar-refractivity contribution in [3.63, 3.8) is 0 Å². The first kappa shape index (κ1) is 15.0. The Morgan fingerprint density at radius 2 is 2.00 bits per heavy atom. The van der Waals surface area contributed by atoms with E-state index in [9.17, 15) is 9.59 Å². The molecule has 6 heteroatoms. The number of rotatable bonds is 5. The molecule has 1 atom stereocenters. The predicted octanol–water partition coefficient (Wildman–Crippen LogP) is 1.32. The number of nitrogens with one attached hydrogen (secondary N) is 1. The normalized spacial score (nSPS) is 12.1. The highest BCUT2D eigenvalue weighted by molar-refractivity contribution is 6.02. The van der Waals surface area contributed by atoms with E-state index in [1.54, 1.807) is 0 Å². The second kappa shape index (κ2) is 6.19. The summed E-state index contributed by atoms with van der Waals surface area (Å²) in [6.45, 7) is 3.63. The lowest BCUT2D eigenvalue weighted by molar-refractivity contribution is -0.118. The lowest BCUT2D eigenvalue weighted by atomic mass is 10.0. The van der Waals surface area contributed by atoms with Crippen LogP contribution < -0.4 is 15.8 Å². The van der Waals surface area contributed by atoms with Gasteiger partial charge in [0.1, 0.15) is 5.75 Å². The van der Waals surface area contributed by atoms with Gasteiger partial charge in [-0.2, -0.15) is 0 Å². The number of methoxy groups -OCH3 is 1. The van der Waals surface area contributed by atoms with E-state index in [1.807, 2.05) is 13.8 Å². The lowest BCUT2D eigenvalue weighted by Gasteiger charge is -2.16. The molecular weight excluding hydrogens is 248 g/mol. The molecule has 0 aromatic heterocycles. The third-order valence-corrected chi connectivity index (χ3v) is 2.74. The number of amides is 1. The Balaban J connectivity index is 3.04. The molecule has 0 aliphatic rings. The SMILES string of the molecule is COc1ccc(C(=O)O)c(NC(=O)[C@@H](N)C(C)C)c1. The Hall–Kier alpha value is -2.08. The Labute approximate surface area is 111 Å². The van der Waals surface area contributed by atoms with E-state index in [1.165, 1.54) is 25.3 Å². The molecule has 1 rings (SSSR count). The van der Waals surface area contributed by atoms with Gasteiger partial charge in [-0.05, 0) is 18.1 Å². The standard InChI is InChI=1S/C13H18N2O4/c1-7(2)11(14)12(16)15-10-6-8(19-3)4-5-9(10)13(17)18/h4-7,11H,14H2,1-3H3,(H,15,16)(H,17,18)/t11-/m0/s1. The monoisotopic (exact) mass is 266 g/mol. The van der Waals surface area contributed by atoms with Crippen molar-refractivity contribution < 1.29 is 19.4 Å². The number of anilines is 1. The zero-order valence-electron chi connectivity index (χ0n) is 11.1. The van der Waals surface area contributed by atoms with E-state index < -0.39 is 17.9 Å². The number of hydrogen-bond acceptors (Lipinski definition) is 4. The molecule has 6 nitrogen and oxygen atoms in total. The Bertz CT molecular complexity index is 486. The molecule has 0 aliphatic heterocycles. The van der Waals surface area contributed by atoms with Crippen LogP contribution in [0.2, 0.25) is 0 Å². The zero-order valence-corrected chi connectivity index (χ0v) is 11.1. The first-order valence-corrected chi connectivity index (χ1v) is 5.84. The molecular formula is C13H18N2O4. The molecule has 104 valence electrons. The number of aromatic carboxylic acids is 1. The highest BCUT2D eigenvalue weighted by Crippen LogP contribution is 2.23. The molecule has 0 bridgehead atoms. The van der Waals surface area contributed by atoms with Crippen molar-refractivity contribution in [2.24, 2.45) is 11.7 Å². The quantitative estimate of drug-likeness (QED) is 0.746. The van der Waals surface area contributed by atoms with Crippen molar-refractivity contribution >= 4 is 17.6 Å². The lowest BCUT2D eigenvalue weighted by Crippen LogP contribution is -2.40. The molecule has 1 aromatic carbocycles. The van der Waals surface area contributed by atoms with Gasteiger partial charge in [0.05, 0.1) is 24.4 Å². The van der Waals surface area contributed by atoms with Crippen LogP contribution in [-0.4, -0.2) is 30.1 Å². The van der Waals surface area contributed by atoms with Crippen LogP contribution in [0, 0.1) is 5.92 Å². The summed E-state index contributed by atoms with van der Waals surface area (Å²) in [5.41, 5.74) is 5.88. The average molecular weight is 266 g/mol. The summed E-state index contributed by atoms with van der Waals surface area (Å²) >= 11 is 0. The fraction of sp³-hybridized carbons (Fsp3) is 0.385. The summed E-state index contributed by atoms with van der Waals surface area (Å²) in [6, 6.07) is 3.64. The Morgan fingerprint density at radius 3 is 2.47 bits per heavy atom. The van der Waals surface area contributed by atoms with Crippen LogP contribution in [0.3, 0.4) is 0 Å². The number of benzene rings is 1. The largest absolute Gasteiger partial charge is 0.497 e. The third kappa shape index (κ3) is 3.69. The summed E-state index contributed by atoms with van der Waals surface area (Å²) < 4.78 is 5.00. The van der Waals surface area contributed by atoms with E-state index in [-0.39, 0.29) is 17.2 Å². The van der Waals surface area contributed by atoms with Gasteiger partial charge in [-0.3, -0.25) is 4.79 Å². The van der Waals surface area contributed by atoms with Crippen molar-refractivity contribution in [2.45, 2.75) is 19.9 Å². The number of carbonyl (C=O) groups excluding carboxylic acids is 1. The van der Waals surface area contributed by atoms with E-state index in [4.69, 9.17) is 15.6 Å². The molecule has 0 spiro atoms. The predicted molar refractivity (Wildman–Crippen MR) is 71.4 cm³/mol. The van der Waals surface area contributed by atoms with Crippen LogP contribution in [0.4, 0.5) is 5.69 Å². The first-order chi connectivity index (χ1) is 8.86. The van der Waals surface area contributed by atoms with Crippen molar-refractivity contribution in [1.82, 2.24) is 0 Å². The minimum atomic E-state index is -1.13. The van der Waals surface area contributed by atoms with Crippen LogP contribution in [0.25, 0.3) is 0 Å². The second-order valence-corrected chi connectivity index (χ2v) is 4.48. The van der Waals surface area contributed by atoms with Crippen molar-refractivity contribution in [3.05, 3.63) is 23.8 Å². The highest BCUT2D eigenvalue weighted by Gasteiger charge is 2.20. The molecule has 4 N–H and O–H groups in total. The molecule has 0 saturated heterocycles. The molecule has 0 saturated carbocycles. The Kier molecular flexibility index (Phi) is 4.88. The minimum Gasteiger partial charge on any atom is -0.497 e. The molecule has 19 heavy (non-hydrogen) atoms. The van der Waals surface area contributed by atoms with Crippen LogP contribution in [0.15, 0.2) is 18.2 Å². The number of nitrogens with two attached hydrogens (primary N) is 1. The third-order valence-electron chi connectivity index (χ3n) is 2.74. The van der Waals surface area contributed by atoms with Crippen molar-refractivity contribution in [1.29, 1.82) is 0 Å². The van der Waals surface area contributed by atoms with E-state index in [0.29, 0.717) is 5.75 Å². The van der Waals surface area contributed by atoms with Gasteiger partial charge in [0.2, 0.25) is 5.91 Å². The minimum absolute atomic E-state index is 0.00916. The van der Waals surface area contributed by atoms with Crippen LogP contribution >= 0.6 is 0 Å². The summed E-state index contributed by atoms with van der Waals surface area (Å²) in [7, 11) is 1.46. The van der Waals surface area contributed by atoms with Crippen LogP contribution in [-0.2, 0) is 4.79 Å². The molecule has 0 heterocycles. The molecule has 1 aromatic rings. The van der Waals surface area contributed by atoms with Gasteiger partial charge in [-0.1, -0.05) is 13.8 Å². The number of carboxylic acids is 1. The van der Waals surface area contributed by atoms with Gasteiger partial charge < -0.3 is 20.9 Å². The Morgan fingerprint density at radius 1 is 1.37 bits per heavy atom. The number of hydrogen-bond donors (Lipinski definition) is 3. The second-order valence-electron chi connectivity index (χ2n) is 4.48. The number of ether oxygens (including phenoxy) is 1. The van der Waals surface area contributed by atoms with Crippen LogP contribution in [0.5, 0.6) is 5.75 Å². The van der Waals surface area contributed by atoms with Gasteiger partial charge in [0.25, 0.3) is 0 Å². The maximum atomic E-state index is 11.9.